The van der Waals surface area contributed by atoms with Crippen molar-refractivity contribution in [2.24, 2.45) is 11.1 Å². The Bertz CT molecular complexity index is 384. The maximum atomic E-state index is 5.98. The molecule has 0 fully saturated rings. The second kappa shape index (κ2) is 6.18. The Hall–Kier alpha value is -0.380. The Morgan fingerprint density at radius 2 is 1.94 bits per heavy atom. The van der Waals surface area contributed by atoms with Gasteiger partial charge in [-0.1, -0.05) is 48.8 Å². The first-order valence-electron chi connectivity index (χ1n) is 6.45. The molecule has 3 heteroatoms. The zero-order valence-electron chi connectivity index (χ0n) is 12.1. The van der Waals surface area contributed by atoms with E-state index >= 15 is 0 Å². The Balaban J connectivity index is 2.97. The largest absolute Gasteiger partial charge is 0.329 e. The second-order valence-electron chi connectivity index (χ2n) is 6.01. The lowest BCUT2D eigenvalue weighted by Gasteiger charge is -2.40. The molecule has 2 N–H and O–H groups in total. The third-order valence-electron chi connectivity index (χ3n) is 3.81. The molecule has 1 aromatic carbocycles. The van der Waals surface area contributed by atoms with Gasteiger partial charge in [0.15, 0.2) is 0 Å². The van der Waals surface area contributed by atoms with Crippen LogP contribution >= 0.6 is 15.9 Å². The molecule has 0 heterocycles. The highest BCUT2D eigenvalue weighted by Gasteiger charge is 2.28. The van der Waals surface area contributed by atoms with Gasteiger partial charge in [-0.05, 0) is 37.1 Å². The zero-order chi connectivity index (χ0) is 13.9. The third kappa shape index (κ3) is 3.81. The summed E-state index contributed by atoms with van der Waals surface area (Å²) in [5.74, 6) is 0. The van der Waals surface area contributed by atoms with E-state index < -0.39 is 0 Å². The molecule has 2 atom stereocenters. The quantitative estimate of drug-likeness (QED) is 0.916. The van der Waals surface area contributed by atoms with Crippen molar-refractivity contribution in [2.75, 3.05) is 13.6 Å². The van der Waals surface area contributed by atoms with E-state index in [0.717, 1.165) is 4.47 Å². The fourth-order valence-corrected chi connectivity index (χ4v) is 2.55. The molecule has 0 aliphatic carbocycles. The van der Waals surface area contributed by atoms with Crippen molar-refractivity contribution < 1.29 is 0 Å². The van der Waals surface area contributed by atoms with Crippen molar-refractivity contribution in [3.8, 4) is 0 Å². The summed E-state index contributed by atoms with van der Waals surface area (Å²) in [6.45, 7) is 9.70. The molecule has 1 aromatic rings. The average molecular weight is 313 g/mol. The van der Waals surface area contributed by atoms with E-state index in [0.29, 0.717) is 12.6 Å². The highest BCUT2D eigenvalue weighted by atomic mass is 79.9. The molecule has 0 amide bonds. The standard InChI is InChI=1S/C15H25BrN2/c1-11(15(2,3)4)18(5)14(10-17)12-7-6-8-13(16)9-12/h6-9,11,14H,10,17H2,1-5H3. The molecule has 0 saturated heterocycles. The molecule has 0 radical (unpaired) electrons. The van der Waals surface area contributed by atoms with Crippen LogP contribution in [0.4, 0.5) is 0 Å². The van der Waals surface area contributed by atoms with Gasteiger partial charge in [-0.15, -0.1) is 0 Å². The van der Waals surface area contributed by atoms with Gasteiger partial charge >= 0.3 is 0 Å². The zero-order valence-corrected chi connectivity index (χ0v) is 13.7. The molecular formula is C15H25BrN2. The highest BCUT2D eigenvalue weighted by molar-refractivity contribution is 9.10. The minimum Gasteiger partial charge on any atom is -0.329 e. The smallest absolute Gasteiger partial charge is 0.0470 e. The van der Waals surface area contributed by atoms with E-state index in [-0.39, 0.29) is 11.5 Å². The summed E-state index contributed by atoms with van der Waals surface area (Å²) >= 11 is 3.53. The molecule has 0 aromatic heterocycles. The molecule has 0 saturated carbocycles. The lowest BCUT2D eigenvalue weighted by molar-refractivity contribution is 0.100. The first-order chi connectivity index (χ1) is 8.27. The molecule has 2 nitrogen and oxygen atoms in total. The number of hydrogen-bond acceptors (Lipinski definition) is 2. The topological polar surface area (TPSA) is 29.3 Å². The van der Waals surface area contributed by atoms with Gasteiger partial charge in [-0.3, -0.25) is 4.90 Å². The van der Waals surface area contributed by atoms with Crippen LogP contribution in [0, 0.1) is 5.41 Å². The summed E-state index contributed by atoms with van der Waals surface area (Å²) in [5.41, 5.74) is 7.49. The maximum absolute atomic E-state index is 5.98. The van der Waals surface area contributed by atoms with Crippen LogP contribution in [0.1, 0.15) is 39.3 Å². The summed E-state index contributed by atoms with van der Waals surface area (Å²) in [7, 11) is 2.16. The number of likely N-dealkylation sites (N-methyl/N-ethyl adjacent to an activating group) is 1. The summed E-state index contributed by atoms with van der Waals surface area (Å²) < 4.78 is 1.11. The summed E-state index contributed by atoms with van der Waals surface area (Å²) in [5, 5.41) is 0. The van der Waals surface area contributed by atoms with Crippen LogP contribution in [0.3, 0.4) is 0 Å². The highest BCUT2D eigenvalue weighted by Crippen LogP contribution is 2.30. The second-order valence-corrected chi connectivity index (χ2v) is 6.93. The maximum Gasteiger partial charge on any atom is 0.0470 e. The fourth-order valence-electron chi connectivity index (χ4n) is 2.13. The van der Waals surface area contributed by atoms with E-state index in [9.17, 15) is 0 Å². The minimum absolute atomic E-state index is 0.244. The van der Waals surface area contributed by atoms with Crippen LogP contribution < -0.4 is 5.73 Å². The van der Waals surface area contributed by atoms with Crippen LogP contribution in [-0.2, 0) is 0 Å². The van der Waals surface area contributed by atoms with Crippen molar-refractivity contribution in [3.05, 3.63) is 34.3 Å². The Kier molecular flexibility index (Phi) is 5.38. The van der Waals surface area contributed by atoms with Gasteiger partial charge in [0.25, 0.3) is 0 Å². The van der Waals surface area contributed by atoms with Gasteiger partial charge in [-0.2, -0.15) is 0 Å². The number of nitrogens with zero attached hydrogens (tertiary/aromatic N) is 1. The summed E-state index contributed by atoms with van der Waals surface area (Å²) in [6, 6.07) is 9.14. The molecule has 0 spiro atoms. The molecule has 0 aliphatic heterocycles. The Labute approximate surface area is 120 Å². The monoisotopic (exact) mass is 312 g/mol. The minimum atomic E-state index is 0.244. The van der Waals surface area contributed by atoms with Gasteiger partial charge in [-0.25, -0.2) is 0 Å². The lowest BCUT2D eigenvalue weighted by Crippen LogP contribution is -2.43. The summed E-state index contributed by atoms with van der Waals surface area (Å²) in [4.78, 5) is 2.38. The Morgan fingerprint density at radius 1 is 1.33 bits per heavy atom. The van der Waals surface area contributed by atoms with E-state index in [1.807, 2.05) is 6.07 Å². The van der Waals surface area contributed by atoms with Crippen LogP contribution in [-0.4, -0.2) is 24.5 Å². The van der Waals surface area contributed by atoms with E-state index in [4.69, 9.17) is 5.73 Å². The van der Waals surface area contributed by atoms with Crippen LogP contribution in [0.15, 0.2) is 28.7 Å². The Morgan fingerprint density at radius 3 is 2.39 bits per heavy atom. The predicted molar refractivity (Wildman–Crippen MR) is 82.6 cm³/mol. The van der Waals surface area contributed by atoms with Gasteiger partial charge in [0, 0.05) is 23.1 Å². The number of halogens is 1. The van der Waals surface area contributed by atoms with Gasteiger partial charge in [0.05, 0.1) is 0 Å². The molecule has 0 bridgehead atoms. The first-order valence-corrected chi connectivity index (χ1v) is 7.24. The third-order valence-corrected chi connectivity index (χ3v) is 4.31. The fraction of sp³-hybridized carbons (Fsp3) is 0.600. The van der Waals surface area contributed by atoms with E-state index in [2.05, 4.69) is 73.8 Å². The summed E-state index contributed by atoms with van der Waals surface area (Å²) in [6.07, 6.45) is 0. The molecule has 0 aliphatic rings. The SMILES string of the molecule is CC(N(C)C(CN)c1cccc(Br)c1)C(C)(C)C. The number of nitrogens with two attached hydrogens (primary N) is 1. The number of hydrogen-bond donors (Lipinski definition) is 1. The first kappa shape index (κ1) is 15.7. The molecule has 1 rings (SSSR count). The van der Waals surface area contributed by atoms with Crippen LogP contribution in [0.2, 0.25) is 0 Å². The normalized spacial score (nSPS) is 15.8. The van der Waals surface area contributed by atoms with Crippen molar-refractivity contribution in [1.82, 2.24) is 4.90 Å². The van der Waals surface area contributed by atoms with Crippen molar-refractivity contribution in [3.63, 3.8) is 0 Å². The number of rotatable bonds is 4. The number of benzene rings is 1. The van der Waals surface area contributed by atoms with Gasteiger partial charge in [0.2, 0.25) is 0 Å². The van der Waals surface area contributed by atoms with E-state index in [1.54, 1.807) is 0 Å². The molecule has 102 valence electrons. The van der Waals surface area contributed by atoms with Crippen molar-refractivity contribution in [2.45, 2.75) is 39.8 Å². The average Bonchev–Trinajstić information content (AvgIpc) is 2.27. The van der Waals surface area contributed by atoms with Crippen molar-refractivity contribution >= 4 is 15.9 Å². The van der Waals surface area contributed by atoms with Gasteiger partial charge in [0.1, 0.15) is 0 Å². The van der Waals surface area contributed by atoms with E-state index in [1.165, 1.54) is 5.56 Å². The predicted octanol–water partition coefficient (Wildman–Crippen LogP) is 3.82. The van der Waals surface area contributed by atoms with Gasteiger partial charge < -0.3 is 5.73 Å². The molecule has 2 unspecified atom stereocenters. The molecule has 18 heavy (non-hydrogen) atoms. The molecular weight excluding hydrogens is 288 g/mol. The van der Waals surface area contributed by atoms with Crippen molar-refractivity contribution in [1.29, 1.82) is 0 Å². The van der Waals surface area contributed by atoms with Crippen LogP contribution in [0.5, 0.6) is 0 Å². The van der Waals surface area contributed by atoms with Crippen LogP contribution in [0.25, 0.3) is 0 Å². The lowest BCUT2D eigenvalue weighted by atomic mass is 9.86.